The molecule has 1 aromatic heterocycles. The van der Waals surface area contributed by atoms with Gasteiger partial charge in [-0.2, -0.15) is 0 Å². The number of nitrogens with one attached hydrogen (secondary N) is 1. The lowest BCUT2D eigenvalue weighted by Crippen LogP contribution is -2.24. The molecule has 1 amide bonds. The number of aromatic nitrogens is 1. The summed E-state index contributed by atoms with van der Waals surface area (Å²) in [4.78, 5) is 16.2. The van der Waals surface area contributed by atoms with Crippen molar-refractivity contribution >= 4 is 5.91 Å². The van der Waals surface area contributed by atoms with Gasteiger partial charge in [0.2, 0.25) is 0 Å². The number of pyridine rings is 1. The molecule has 0 fully saturated rings. The number of carbonyl (C=O) groups is 1. The van der Waals surface area contributed by atoms with E-state index in [4.69, 9.17) is 0 Å². The van der Waals surface area contributed by atoms with Crippen molar-refractivity contribution in [2.75, 3.05) is 0 Å². The van der Waals surface area contributed by atoms with E-state index < -0.39 is 0 Å². The number of hydrogen-bond acceptors (Lipinski definition) is 3. The van der Waals surface area contributed by atoms with E-state index in [-0.39, 0.29) is 16.7 Å². The number of carbonyl (C=O) groups excluding carboxylic acids is 1. The Kier molecular flexibility index (Phi) is 5.21. The summed E-state index contributed by atoms with van der Waals surface area (Å²) in [5.41, 5.74) is 2.93. The molecule has 0 saturated heterocycles. The molecule has 25 heavy (non-hydrogen) atoms. The average molecular weight is 340 g/mol. The summed E-state index contributed by atoms with van der Waals surface area (Å²) in [6.45, 7) is 12.9. The number of benzene rings is 1. The van der Waals surface area contributed by atoms with Gasteiger partial charge in [-0.25, -0.2) is 0 Å². The van der Waals surface area contributed by atoms with Crippen LogP contribution >= 0.6 is 0 Å². The number of amides is 1. The minimum atomic E-state index is -0.187. The van der Waals surface area contributed by atoms with Gasteiger partial charge in [-0.05, 0) is 51.8 Å². The Hall–Kier alpha value is -2.36. The van der Waals surface area contributed by atoms with Crippen molar-refractivity contribution in [2.45, 2.75) is 58.9 Å². The lowest BCUT2D eigenvalue weighted by atomic mass is 9.78. The maximum atomic E-state index is 12.2. The van der Waals surface area contributed by atoms with E-state index in [1.54, 1.807) is 24.5 Å². The van der Waals surface area contributed by atoms with Gasteiger partial charge < -0.3 is 10.4 Å². The molecule has 2 rings (SSSR count). The van der Waals surface area contributed by atoms with E-state index in [2.05, 4.69) is 51.8 Å². The molecule has 134 valence electrons. The van der Waals surface area contributed by atoms with E-state index >= 15 is 0 Å². The molecule has 0 unspecified atom stereocenters. The van der Waals surface area contributed by atoms with Crippen molar-refractivity contribution in [3.05, 3.63) is 58.9 Å². The highest BCUT2D eigenvalue weighted by atomic mass is 16.3. The van der Waals surface area contributed by atoms with Crippen LogP contribution in [0.3, 0.4) is 0 Å². The first-order chi connectivity index (χ1) is 11.5. The van der Waals surface area contributed by atoms with E-state index in [0.717, 1.165) is 16.7 Å². The molecule has 1 aromatic carbocycles. The molecular formula is C21H28N2O2. The smallest absolute Gasteiger partial charge is 0.253 e. The Bertz CT molecular complexity index is 719. The molecule has 0 bridgehead atoms. The zero-order chi connectivity index (χ0) is 18.8. The van der Waals surface area contributed by atoms with Crippen LogP contribution in [0.2, 0.25) is 0 Å². The molecular weight excluding hydrogens is 312 g/mol. The van der Waals surface area contributed by atoms with Crippen LogP contribution in [0.5, 0.6) is 5.75 Å². The van der Waals surface area contributed by atoms with Crippen LogP contribution in [0.25, 0.3) is 0 Å². The standard InChI is InChI=1S/C21H28N2O2/c1-20(2,3)16-10-14(11-17(18(16)24)21(4,5)6)12-23-19(25)15-8-7-9-22-13-15/h7-11,13,24H,12H2,1-6H3,(H,23,25). The van der Waals surface area contributed by atoms with Crippen molar-refractivity contribution in [1.29, 1.82) is 0 Å². The zero-order valence-electron chi connectivity index (χ0n) is 16.0. The first-order valence-corrected chi connectivity index (χ1v) is 8.55. The molecule has 4 nitrogen and oxygen atoms in total. The van der Waals surface area contributed by atoms with E-state index in [1.165, 1.54) is 0 Å². The highest BCUT2D eigenvalue weighted by Crippen LogP contribution is 2.39. The van der Waals surface area contributed by atoms with Gasteiger partial charge in [0, 0.05) is 18.9 Å². The quantitative estimate of drug-likeness (QED) is 0.875. The molecule has 2 N–H and O–H groups in total. The maximum absolute atomic E-state index is 12.2. The third-order valence-corrected chi connectivity index (χ3v) is 4.16. The van der Waals surface area contributed by atoms with Crippen molar-refractivity contribution < 1.29 is 9.90 Å². The van der Waals surface area contributed by atoms with Crippen LogP contribution in [-0.4, -0.2) is 16.0 Å². The van der Waals surface area contributed by atoms with E-state index in [1.807, 2.05) is 12.1 Å². The summed E-state index contributed by atoms with van der Waals surface area (Å²) in [5.74, 6) is 0.193. The molecule has 0 spiro atoms. The molecule has 0 atom stereocenters. The monoisotopic (exact) mass is 340 g/mol. The van der Waals surface area contributed by atoms with Gasteiger partial charge in [0.15, 0.2) is 0 Å². The Morgan fingerprint density at radius 1 is 1.08 bits per heavy atom. The van der Waals surface area contributed by atoms with Gasteiger partial charge in [-0.1, -0.05) is 41.5 Å². The topological polar surface area (TPSA) is 62.2 Å². The molecule has 2 aromatic rings. The van der Waals surface area contributed by atoms with Gasteiger partial charge in [-0.15, -0.1) is 0 Å². The Balaban J connectivity index is 2.33. The van der Waals surface area contributed by atoms with Gasteiger partial charge in [0.25, 0.3) is 5.91 Å². The second-order valence-corrected chi connectivity index (χ2v) is 8.46. The Morgan fingerprint density at radius 3 is 2.08 bits per heavy atom. The molecule has 1 heterocycles. The van der Waals surface area contributed by atoms with Crippen molar-refractivity contribution in [2.24, 2.45) is 0 Å². The second kappa shape index (κ2) is 6.87. The number of aromatic hydroxyl groups is 1. The third kappa shape index (κ3) is 4.59. The van der Waals surface area contributed by atoms with Gasteiger partial charge in [0.1, 0.15) is 5.75 Å². The Morgan fingerprint density at radius 2 is 1.64 bits per heavy atom. The van der Waals surface area contributed by atoms with E-state index in [9.17, 15) is 9.90 Å². The number of phenols is 1. The van der Waals surface area contributed by atoms with Crippen LogP contribution in [-0.2, 0) is 17.4 Å². The van der Waals surface area contributed by atoms with Gasteiger partial charge in [-0.3, -0.25) is 9.78 Å². The maximum Gasteiger partial charge on any atom is 0.253 e. The summed E-state index contributed by atoms with van der Waals surface area (Å²) in [6, 6.07) is 7.44. The predicted octanol–water partition coefficient (Wildman–Crippen LogP) is 4.31. The third-order valence-electron chi connectivity index (χ3n) is 4.16. The first-order valence-electron chi connectivity index (χ1n) is 8.55. The fourth-order valence-electron chi connectivity index (χ4n) is 2.72. The average Bonchev–Trinajstić information content (AvgIpc) is 2.52. The lowest BCUT2D eigenvalue weighted by Gasteiger charge is -2.28. The second-order valence-electron chi connectivity index (χ2n) is 8.46. The number of rotatable bonds is 3. The SMILES string of the molecule is CC(C)(C)c1cc(CNC(=O)c2cccnc2)cc(C(C)(C)C)c1O. The van der Waals surface area contributed by atoms with Crippen molar-refractivity contribution in [3.63, 3.8) is 0 Å². The molecule has 0 radical (unpaired) electrons. The first kappa shape index (κ1) is 19.0. The predicted molar refractivity (Wildman–Crippen MR) is 101 cm³/mol. The molecule has 0 aliphatic heterocycles. The van der Waals surface area contributed by atoms with Crippen LogP contribution in [0.15, 0.2) is 36.7 Å². The summed E-state index contributed by atoms with van der Waals surface area (Å²) < 4.78 is 0. The van der Waals surface area contributed by atoms with Crippen molar-refractivity contribution in [1.82, 2.24) is 10.3 Å². The van der Waals surface area contributed by atoms with Crippen LogP contribution in [0.4, 0.5) is 0 Å². The largest absolute Gasteiger partial charge is 0.507 e. The van der Waals surface area contributed by atoms with Crippen LogP contribution in [0, 0.1) is 0 Å². The van der Waals surface area contributed by atoms with Crippen LogP contribution in [0.1, 0.15) is 68.6 Å². The minimum absolute atomic E-state index is 0.157. The zero-order valence-corrected chi connectivity index (χ0v) is 16.0. The van der Waals surface area contributed by atoms with Gasteiger partial charge in [0.05, 0.1) is 5.56 Å². The highest BCUT2D eigenvalue weighted by molar-refractivity contribution is 5.93. The number of phenolic OH excluding ortho intramolecular Hbond substituents is 1. The fourth-order valence-corrected chi connectivity index (χ4v) is 2.72. The van der Waals surface area contributed by atoms with Gasteiger partial charge >= 0.3 is 0 Å². The molecule has 0 aliphatic carbocycles. The Labute approximate surface area is 150 Å². The summed E-state index contributed by atoms with van der Waals surface area (Å²) in [7, 11) is 0. The lowest BCUT2D eigenvalue weighted by molar-refractivity contribution is 0.0950. The molecule has 0 saturated carbocycles. The minimum Gasteiger partial charge on any atom is -0.507 e. The highest BCUT2D eigenvalue weighted by Gasteiger charge is 2.26. The normalized spacial score (nSPS) is 12.1. The van der Waals surface area contributed by atoms with Crippen LogP contribution < -0.4 is 5.32 Å². The van der Waals surface area contributed by atoms with E-state index in [0.29, 0.717) is 17.9 Å². The number of hydrogen-bond donors (Lipinski definition) is 2. The summed E-state index contributed by atoms with van der Waals surface area (Å²) in [5, 5.41) is 13.7. The summed E-state index contributed by atoms with van der Waals surface area (Å²) >= 11 is 0. The fraction of sp³-hybridized carbons (Fsp3) is 0.429. The molecule has 4 heteroatoms. The summed E-state index contributed by atoms with van der Waals surface area (Å²) in [6.07, 6.45) is 3.19. The van der Waals surface area contributed by atoms with Crippen molar-refractivity contribution in [3.8, 4) is 5.75 Å². The number of nitrogens with zero attached hydrogens (tertiary/aromatic N) is 1. The molecule has 0 aliphatic rings.